The molecule has 3 N–H and O–H groups in total. The van der Waals surface area contributed by atoms with Crippen LogP contribution in [0.3, 0.4) is 0 Å². The summed E-state index contributed by atoms with van der Waals surface area (Å²) in [6.45, 7) is 2.62. The average molecular weight is 331 g/mol. The molecule has 9 heteroatoms. The smallest absolute Gasteiger partial charge is 0.390 e. The molecule has 0 aliphatic rings. The van der Waals surface area contributed by atoms with Crippen LogP contribution in [0.1, 0.15) is 18.9 Å². The topological polar surface area (TPSA) is 72.2 Å². The number of benzene rings is 1. The summed E-state index contributed by atoms with van der Waals surface area (Å²) in [4.78, 5) is -0.187. The number of nitrogens with two attached hydrogens (primary N) is 1. The zero-order valence-corrected chi connectivity index (χ0v) is 12.3. The number of nitrogens with one attached hydrogen (secondary N) is 1. The number of hydrogen-bond donors (Lipinski definition) is 2. The number of anilines is 1. The number of nitrogen functional groups attached to an aromatic ring is 1. The number of rotatable bonds is 4. The van der Waals surface area contributed by atoms with Crippen LogP contribution < -0.4 is 10.5 Å². The molecule has 0 amide bonds. The van der Waals surface area contributed by atoms with E-state index in [1.54, 1.807) is 0 Å². The largest absolute Gasteiger partial charge is 0.397 e. The van der Waals surface area contributed by atoms with Gasteiger partial charge >= 0.3 is 6.18 Å². The van der Waals surface area contributed by atoms with Crippen LogP contribution in [-0.4, -0.2) is 20.6 Å². The summed E-state index contributed by atoms with van der Waals surface area (Å²) in [5.41, 5.74) is 5.86. The maximum atomic E-state index is 12.2. The van der Waals surface area contributed by atoms with E-state index in [-0.39, 0.29) is 15.6 Å². The van der Waals surface area contributed by atoms with Crippen LogP contribution in [0.4, 0.5) is 18.9 Å². The van der Waals surface area contributed by atoms with Gasteiger partial charge in [-0.2, -0.15) is 13.2 Å². The molecule has 1 atom stereocenters. The zero-order chi connectivity index (χ0) is 15.7. The van der Waals surface area contributed by atoms with Crippen LogP contribution in [0.15, 0.2) is 17.0 Å². The first kappa shape index (κ1) is 17.1. The van der Waals surface area contributed by atoms with Gasteiger partial charge in [-0.1, -0.05) is 11.6 Å². The van der Waals surface area contributed by atoms with Gasteiger partial charge in [0.1, 0.15) is 0 Å². The minimum absolute atomic E-state index is 0.0427. The Labute approximate surface area is 120 Å². The van der Waals surface area contributed by atoms with Gasteiger partial charge in [-0.3, -0.25) is 0 Å². The minimum atomic E-state index is -4.45. The molecule has 0 aromatic heterocycles. The van der Waals surface area contributed by atoms with Crippen molar-refractivity contribution in [1.29, 1.82) is 0 Å². The van der Waals surface area contributed by atoms with E-state index in [1.165, 1.54) is 13.0 Å². The molecule has 1 rings (SSSR count). The van der Waals surface area contributed by atoms with Gasteiger partial charge in [-0.15, -0.1) is 0 Å². The standard InChI is InChI=1S/C11H14ClF3N2O2S/c1-6-3-8(12)9(16)4-10(6)20(18,19)17-7(2)5-11(13,14)15/h3-4,7,17H,5,16H2,1-2H3. The van der Waals surface area contributed by atoms with Crippen molar-refractivity contribution in [3.8, 4) is 0 Å². The molecular weight excluding hydrogens is 317 g/mol. The predicted octanol–water partition coefficient (Wildman–Crippen LogP) is 2.85. The Bertz CT molecular complexity index is 602. The van der Waals surface area contributed by atoms with Crippen molar-refractivity contribution in [3.63, 3.8) is 0 Å². The first-order valence-electron chi connectivity index (χ1n) is 5.57. The number of alkyl halides is 3. The highest BCUT2D eigenvalue weighted by Crippen LogP contribution is 2.27. The fraction of sp³-hybridized carbons (Fsp3) is 0.455. The van der Waals surface area contributed by atoms with E-state index in [0.29, 0.717) is 5.56 Å². The summed E-state index contributed by atoms with van der Waals surface area (Å²) in [5, 5.41) is 0.185. The molecule has 0 saturated heterocycles. The van der Waals surface area contributed by atoms with E-state index >= 15 is 0 Å². The van der Waals surface area contributed by atoms with Crippen LogP contribution >= 0.6 is 11.6 Å². The van der Waals surface area contributed by atoms with Crippen LogP contribution in [0.25, 0.3) is 0 Å². The van der Waals surface area contributed by atoms with Crippen molar-refractivity contribution in [2.24, 2.45) is 0 Å². The molecule has 4 nitrogen and oxygen atoms in total. The maximum Gasteiger partial charge on any atom is 0.390 e. The van der Waals surface area contributed by atoms with Gasteiger partial charge in [-0.25, -0.2) is 13.1 Å². The highest BCUT2D eigenvalue weighted by Gasteiger charge is 2.32. The maximum absolute atomic E-state index is 12.2. The number of hydrogen-bond acceptors (Lipinski definition) is 3. The van der Waals surface area contributed by atoms with Crippen molar-refractivity contribution >= 4 is 27.3 Å². The van der Waals surface area contributed by atoms with Crippen molar-refractivity contribution in [2.75, 3.05) is 5.73 Å². The molecule has 0 fully saturated rings. The summed E-state index contributed by atoms with van der Waals surface area (Å²) < 4.78 is 62.7. The molecule has 0 aliphatic heterocycles. The molecular formula is C11H14ClF3N2O2S. The van der Waals surface area contributed by atoms with Gasteiger partial charge in [0.2, 0.25) is 10.0 Å². The third kappa shape index (κ3) is 4.53. The second kappa shape index (κ2) is 5.79. The van der Waals surface area contributed by atoms with Gasteiger partial charge in [0.05, 0.1) is 22.0 Å². The lowest BCUT2D eigenvalue weighted by Crippen LogP contribution is -2.36. The highest BCUT2D eigenvalue weighted by molar-refractivity contribution is 7.89. The molecule has 0 heterocycles. The summed E-state index contributed by atoms with van der Waals surface area (Å²) in [6.07, 6.45) is -5.70. The SMILES string of the molecule is Cc1cc(Cl)c(N)cc1S(=O)(=O)NC(C)CC(F)(F)F. The van der Waals surface area contributed by atoms with Gasteiger partial charge in [0, 0.05) is 6.04 Å². The zero-order valence-electron chi connectivity index (χ0n) is 10.8. The van der Waals surface area contributed by atoms with Crippen LogP contribution in [0, 0.1) is 6.92 Å². The van der Waals surface area contributed by atoms with Crippen molar-refractivity contribution in [1.82, 2.24) is 4.72 Å². The Balaban J connectivity index is 3.03. The van der Waals surface area contributed by atoms with E-state index in [9.17, 15) is 21.6 Å². The molecule has 114 valence electrons. The van der Waals surface area contributed by atoms with Gasteiger partial charge in [0.15, 0.2) is 0 Å². The minimum Gasteiger partial charge on any atom is -0.397 e. The lowest BCUT2D eigenvalue weighted by molar-refractivity contribution is -0.137. The normalized spacial score (nSPS) is 14.3. The quantitative estimate of drug-likeness (QED) is 0.834. The number of sulfonamides is 1. The molecule has 20 heavy (non-hydrogen) atoms. The van der Waals surface area contributed by atoms with Crippen LogP contribution in [0.5, 0.6) is 0 Å². The van der Waals surface area contributed by atoms with Gasteiger partial charge < -0.3 is 5.73 Å². The molecule has 0 radical (unpaired) electrons. The van der Waals surface area contributed by atoms with Crippen LogP contribution in [-0.2, 0) is 10.0 Å². The lowest BCUT2D eigenvalue weighted by Gasteiger charge is -2.17. The first-order chi connectivity index (χ1) is 8.92. The average Bonchev–Trinajstić information content (AvgIpc) is 2.19. The van der Waals surface area contributed by atoms with Crippen molar-refractivity contribution in [2.45, 2.75) is 37.4 Å². The fourth-order valence-corrected chi connectivity index (χ4v) is 3.40. The summed E-state index contributed by atoms with van der Waals surface area (Å²) in [6, 6.07) is 1.19. The molecule has 1 unspecified atom stereocenters. The fourth-order valence-electron chi connectivity index (χ4n) is 1.68. The Kier molecular flexibility index (Phi) is 4.94. The first-order valence-corrected chi connectivity index (χ1v) is 7.43. The van der Waals surface area contributed by atoms with E-state index in [2.05, 4.69) is 0 Å². The Morgan fingerprint density at radius 1 is 1.40 bits per heavy atom. The highest BCUT2D eigenvalue weighted by atomic mass is 35.5. The molecule has 0 saturated carbocycles. The summed E-state index contributed by atoms with van der Waals surface area (Å²) in [5.74, 6) is 0. The molecule has 0 bridgehead atoms. The Morgan fingerprint density at radius 2 is 1.95 bits per heavy atom. The van der Waals surface area contributed by atoms with E-state index in [1.807, 2.05) is 4.72 Å². The Morgan fingerprint density at radius 3 is 2.45 bits per heavy atom. The van der Waals surface area contributed by atoms with E-state index in [0.717, 1.165) is 13.0 Å². The third-order valence-electron chi connectivity index (χ3n) is 2.48. The Hall–Kier alpha value is -0.990. The van der Waals surface area contributed by atoms with Crippen molar-refractivity contribution in [3.05, 3.63) is 22.7 Å². The monoisotopic (exact) mass is 330 g/mol. The predicted molar refractivity (Wildman–Crippen MR) is 71.1 cm³/mol. The number of halogens is 4. The summed E-state index contributed by atoms with van der Waals surface area (Å²) in [7, 11) is -4.09. The molecule has 0 aliphatic carbocycles. The molecule has 1 aromatic rings. The molecule has 1 aromatic carbocycles. The van der Waals surface area contributed by atoms with E-state index in [4.69, 9.17) is 17.3 Å². The van der Waals surface area contributed by atoms with Gasteiger partial charge in [-0.05, 0) is 31.5 Å². The van der Waals surface area contributed by atoms with Gasteiger partial charge in [0.25, 0.3) is 0 Å². The van der Waals surface area contributed by atoms with E-state index < -0.39 is 28.7 Å². The van der Waals surface area contributed by atoms with Crippen molar-refractivity contribution < 1.29 is 21.6 Å². The second-order valence-corrected chi connectivity index (χ2v) is 6.57. The van der Waals surface area contributed by atoms with Crippen LogP contribution in [0.2, 0.25) is 5.02 Å². The third-order valence-corrected chi connectivity index (χ3v) is 4.54. The summed E-state index contributed by atoms with van der Waals surface area (Å²) >= 11 is 5.74. The number of aryl methyl sites for hydroxylation is 1. The second-order valence-electron chi connectivity index (χ2n) is 4.48. The lowest BCUT2D eigenvalue weighted by atomic mass is 10.2. The molecule has 0 spiro atoms.